The summed E-state index contributed by atoms with van der Waals surface area (Å²) in [6, 6.07) is 2.03. The van der Waals surface area contributed by atoms with Crippen LogP contribution in [0.3, 0.4) is 0 Å². The summed E-state index contributed by atoms with van der Waals surface area (Å²) in [5.41, 5.74) is 0. The van der Waals surface area contributed by atoms with Gasteiger partial charge in [0.2, 0.25) is 5.91 Å². The fraction of sp³-hybridized carbons (Fsp3) is 0.818. The summed E-state index contributed by atoms with van der Waals surface area (Å²) in [4.78, 5) is 11.3. The van der Waals surface area contributed by atoms with Crippen molar-refractivity contribution in [2.45, 2.75) is 45.6 Å². The van der Waals surface area contributed by atoms with Crippen LogP contribution in [0.5, 0.6) is 0 Å². The molecule has 0 aromatic rings. The Morgan fingerprint density at radius 3 is 2.73 bits per heavy atom. The second kappa shape index (κ2) is 9.47. The van der Waals surface area contributed by atoms with Gasteiger partial charge in [-0.15, -0.1) is 0 Å². The molecular weight excluding hydrogens is 192 g/mol. The number of hydrogen-bond donors (Lipinski definition) is 1. The molecule has 0 saturated heterocycles. The van der Waals surface area contributed by atoms with E-state index < -0.39 is 0 Å². The number of nitrogens with one attached hydrogen (secondary N) is 1. The van der Waals surface area contributed by atoms with Crippen LogP contribution >= 0.6 is 0 Å². The molecule has 0 bridgehead atoms. The molecule has 0 aliphatic carbocycles. The number of rotatable bonds is 8. The van der Waals surface area contributed by atoms with Gasteiger partial charge in [-0.05, 0) is 12.8 Å². The molecule has 86 valence electrons. The third kappa shape index (κ3) is 7.95. The average Bonchev–Trinajstić information content (AvgIpc) is 2.24. The van der Waals surface area contributed by atoms with Gasteiger partial charge in [0, 0.05) is 19.1 Å². The fourth-order valence-electron chi connectivity index (χ4n) is 1.12. The van der Waals surface area contributed by atoms with Gasteiger partial charge in [0.15, 0.2) is 0 Å². The van der Waals surface area contributed by atoms with Crippen LogP contribution in [0.4, 0.5) is 0 Å². The van der Waals surface area contributed by atoms with Crippen LogP contribution in [0.1, 0.15) is 39.5 Å². The van der Waals surface area contributed by atoms with Gasteiger partial charge >= 0.3 is 0 Å². The molecule has 1 unspecified atom stereocenters. The molecule has 1 N–H and O–H groups in total. The molecule has 15 heavy (non-hydrogen) atoms. The fourth-order valence-corrected chi connectivity index (χ4v) is 1.12. The number of carbonyl (C=O) groups excluding carboxylic acids is 1. The lowest BCUT2D eigenvalue weighted by atomic mass is 10.1. The van der Waals surface area contributed by atoms with E-state index in [1.807, 2.05) is 13.8 Å². The first-order chi connectivity index (χ1) is 7.24. The minimum atomic E-state index is -0.0341. The predicted molar refractivity (Wildman–Crippen MR) is 58.2 cm³/mol. The Labute approximate surface area is 91.6 Å². The number of ether oxygens (including phenoxy) is 1. The largest absolute Gasteiger partial charge is 0.381 e. The topological polar surface area (TPSA) is 62.1 Å². The Bertz CT molecular complexity index is 211. The predicted octanol–water partition coefficient (Wildman–Crippen LogP) is 1.61. The van der Waals surface area contributed by atoms with Gasteiger partial charge in [-0.25, -0.2) is 0 Å². The second-order valence-corrected chi connectivity index (χ2v) is 3.40. The van der Waals surface area contributed by atoms with Gasteiger partial charge in [-0.3, -0.25) is 4.79 Å². The maximum atomic E-state index is 11.3. The molecule has 0 radical (unpaired) electrons. The monoisotopic (exact) mass is 212 g/mol. The Morgan fingerprint density at radius 2 is 2.20 bits per heavy atom. The molecule has 0 aliphatic rings. The zero-order valence-corrected chi connectivity index (χ0v) is 9.58. The maximum Gasteiger partial charge on any atom is 0.222 e. The smallest absolute Gasteiger partial charge is 0.222 e. The standard InChI is InChI=1S/C11H20N2O2/c1-3-8-15-9-6-11(14)13-10(4-2)5-7-12/h10H,3-6,8-9H2,1-2H3,(H,13,14). The number of nitriles is 1. The van der Waals surface area contributed by atoms with Crippen LogP contribution < -0.4 is 5.32 Å². The van der Waals surface area contributed by atoms with Gasteiger partial charge in [0.1, 0.15) is 0 Å². The highest BCUT2D eigenvalue weighted by Gasteiger charge is 2.09. The molecule has 0 fully saturated rings. The second-order valence-electron chi connectivity index (χ2n) is 3.40. The third-order valence-corrected chi connectivity index (χ3v) is 2.02. The Kier molecular flexibility index (Phi) is 8.79. The van der Waals surface area contributed by atoms with E-state index in [9.17, 15) is 4.79 Å². The zero-order valence-electron chi connectivity index (χ0n) is 9.58. The molecule has 1 amide bonds. The Balaban J connectivity index is 3.58. The van der Waals surface area contributed by atoms with E-state index in [2.05, 4.69) is 11.4 Å². The van der Waals surface area contributed by atoms with Gasteiger partial charge in [-0.2, -0.15) is 5.26 Å². The molecule has 4 nitrogen and oxygen atoms in total. The summed E-state index contributed by atoms with van der Waals surface area (Å²) in [6.07, 6.45) is 2.50. The van der Waals surface area contributed by atoms with Crippen LogP contribution in [-0.4, -0.2) is 25.2 Å². The van der Waals surface area contributed by atoms with Gasteiger partial charge in [0.05, 0.1) is 19.1 Å². The summed E-state index contributed by atoms with van der Waals surface area (Å²) < 4.78 is 5.20. The van der Waals surface area contributed by atoms with Crippen molar-refractivity contribution in [3.8, 4) is 6.07 Å². The molecule has 0 saturated carbocycles. The van der Waals surface area contributed by atoms with Crippen LogP contribution in [-0.2, 0) is 9.53 Å². The summed E-state index contributed by atoms with van der Waals surface area (Å²) in [7, 11) is 0. The van der Waals surface area contributed by atoms with Gasteiger partial charge in [-0.1, -0.05) is 13.8 Å². The van der Waals surface area contributed by atoms with E-state index in [1.54, 1.807) is 0 Å². The van der Waals surface area contributed by atoms with Crippen LogP contribution in [0, 0.1) is 11.3 Å². The summed E-state index contributed by atoms with van der Waals surface area (Å²) in [5.74, 6) is -0.0341. The highest BCUT2D eigenvalue weighted by Crippen LogP contribution is 1.97. The van der Waals surface area contributed by atoms with Crippen molar-refractivity contribution in [2.24, 2.45) is 0 Å². The molecule has 0 aliphatic heterocycles. The molecule has 0 aromatic heterocycles. The van der Waals surface area contributed by atoms with Crippen molar-refractivity contribution in [1.29, 1.82) is 5.26 Å². The highest BCUT2D eigenvalue weighted by molar-refractivity contribution is 5.76. The highest BCUT2D eigenvalue weighted by atomic mass is 16.5. The van der Waals surface area contributed by atoms with E-state index in [0.717, 1.165) is 12.8 Å². The number of amides is 1. The minimum Gasteiger partial charge on any atom is -0.381 e. The number of nitrogens with zero attached hydrogens (tertiary/aromatic N) is 1. The summed E-state index contributed by atoms with van der Waals surface area (Å²) in [6.45, 7) is 5.14. The minimum absolute atomic E-state index is 0.0197. The molecule has 0 spiro atoms. The quantitative estimate of drug-likeness (QED) is 0.622. The average molecular weight is 212 g/mol. The molecule has 1 atom stereocenters. The van der Waals surface area contributed by atoms with Crippen molar-refractivity contribution in [3.63, 3.8) is 0 Å². The van der Waals surface area contributed by atoms with Crippen molar-refractivity contribution >= 4 is 5.91 Å². The van der Waals surface area contributed by atoms with Crippen LogP contribution in [0.25, 0.3) is 0 Å². The Morgan fingerprint density at radius 1 is 1.47 bits per heavy atom. The van der Waals surface area contributed by atoms with Crippen molar-refractivity contribution < 1.29 is 9.53 Å². The molecule has 0 aromatic carbocycles. The van der Waals surface area contributed by atoms with E-state index in [1.165, 1.54) is 0 Å². The first-order valence-corrected chi connectivity index (χ1v) is 5.48. The lowest BCUT2D eigenvalue weighted by Gasteiger charge is -2.13. The molecule has 0 heterocycles. The molecule has 4 heteroatoms. The first-order valence-electron chi connectivity index (χ1n) is 5.48. The lowest BCUT2D eigenvalue weighted by Crippen LogP contribution is -2.34. The number of carbonyl (C=O) groups is 1. The van der Waals surface area contributed by atoms with Gasteiger partial charge in [0.25, 0.3) is 0 Å². The molecule has 0 rings (SSSR count). The third-order valence-electron chi connectivity index (χ3n) is 2.02. The van der Waals surface area contributed by atoms with E-state index in [0.29, 0.717) is 26.1 Å². The number of hydrogen-bond acceptors (Lipinski definition) is 3. The Hall–Kier alpha value is -1.08. The summed E-state index contributed by atoms with van der Waals surface area (Å²) in [5, 5.41) is 11.3. The van der Waals surface area contributed by atoms with E-state index >= 15 is 0 Å². The van der Waals surface area contributed by atoms with Crippen LogP contribution in [0.15, 0.2) is 0 Å². The SMILES string of the molecule is CCCOCCC(=O)NC(CC)CC#N. The van der Waals surface area contributed by atoms with E-state index in [-0.39, 0.29) is 11.9 Å². The first kappa shape index (κ1) is 13.9. The van der Waals surface area contributed by atoms with Crippen LogP contribution in [0.2, 0.25) is 0 Å². The normalized spacial score (nSPS) is 11.8. The van der Waals surface area contributed by atoms with Crippen molar-refractivity contribution in [3.05, 3.63) is 0 Å². The maximum absolute atomic E-state index is 11.3. The zero-order chi connectivity index (χ0) is 11.5. The van der Waals surface area contributed by atoms with Gasteiger partial charge < -0.3 is 10.1 Å². The van der Waals surface area contributed by atoms with Crippen molar-refractivity contribution in [1.82, 2.24) is 5.32 Å². The lowest BCUT2D eigenvalue weighted by molar-refractivity contribution is -0.122. The molecular formula is C11H20N2O2. The van der Waals surface area contributed by atoms with E-state index in [4.69, 9.17) is 10.00 Å². The van der Waals surface area contributed by atoms with Crippen molar-refractivity contribution in [2.75, 3.05) is 13.2 Å². The summed E-state index contributed by atoms with van der Waals surface area (Å²) >= 11 is 0.